The Morgan fingerprint density at radius 2 is 1.67 bits per heavy atom. The number of amides is 1. The zero-order valence-electron chi connectivity index (χ0n) is 16.6. The van der Waals surface area contributed by atoms with Crippen LogP contribution in [0.2, 0.25) is 0 Å². The predicted octanol–water partition coefficient (Wildman–Crippen LogP) is 4.86. The van der Waals surface area contributed by atoms with E-state index in [0.29, 0.717) is 28.0 Å². The van der Waals surface area contributed by atoms with Gasteiger partial charge in [0, 0.05) is 5.69 Å². The second kappa shape index (κ2) is 6.88. The van der Waals surface area contributed by atoms with Crippen molar-refractivity contribution in [2.45, 2.75) is 13.0 Å². The van der Waals surface area contributed by atoms with E-state index in [2.05, 4.69) is 0 Å². The maximum atomic E-state index is 13.5. The minimum atomic E-state index is -0.582. The number of para-hydroxylation sites is 1. The van der Waals surface area contributed by atoms with Gasteiger partial charge in [0.05, 0.1) is 24.1 Å². The third-order valence-electron chi connectivity index (χ3n) is 5.49. The highest BCUT2D eigenvalue weighted by atomic mass is 16.5. The van der Waals surface area contributed by atoms with Crippen LogP contribution in [0.5, 0.6) is 5.75 Å². The van der Waals surface area contributed by atoms with Crippen LogP contribution < -0.4 is 15.1 Å². The number of aryl methyl sites for hydroxylation is 1. The first-order chi connectivity index (χ1) is 14.6. The SMILES string of the molecule is COc1ccc(C2c3c(oc4ccc(C)cc4c3=O)C(=O)N2c2ccccc2)cc1. The zero-order valence-corrected chi connectivity index (χ0v) is 16.6. The Hall–Kier alpha value is -3.86. The van der Waals surface area contributed by atoms with Gasteiger partial charge in [-0.05, 0) is 48.9 Å². The van der Waals surface area contributed by atoms with E-state index >= 15 is 0 Å². The van der Waals surface area contributed by atoms with Gasteiger partial charge in [0.1, 0.15) is 11.3 Å². The first-order valence-electron chi connectivity index (χ1n) is 9.68. The van der Waals surface area contributed by atoms with Crippen molar-refractivity contribution in [2.75, 3.05) is 12.0 Å². The molecule has 1 amide bonds. The van der Waals surface area contributed by atoms with E-state index in [0.717, 1.165) is 11.1 Å². The lowest BCUT2D eigenvalue weighted by Gasteiger charge is -2.25. The van der Waals surface area contributed by atoms with Gasteiger partial charge in [-0.2, -0.15) is 0 Å². The van der Waals surface area contributed by atoms with Gasteiger partial charge < -0.3 is 9.15 Å². The van der Waals surface area contributed by atoms with E-state index in [-0.39, 0.29) is 17.1 Å². The number of anilines is 1. The topological polar surface area (TPSA) is 59.8 Å². The van der Waals surface area contributed by atoms with Crippen molar-refractivity contribution in [3.05, 3.63) is 105 Å². The molecule has 0 aliphatic carbocycles. The number of carbonyl (C=O) groups excluding carboxylic acids is 1. The number of rotatable bonds is 3. The van der Waals surface area contributed by atoms with Crippen LogP contribution in [0.1, 0.15) is 33.3 Å². The molecule has 0 saturated carbocycles. The molecule has 5 heteroatoms. The molecule has 0 fully saturated rings. The quantitative estimate of drug-likeness (QED) is 0.495. The Morgan fingerprint density at radius 3 is 2.37 bits per heavy atom. The van der Waals surface area contributed by atoms with E-state index in [1.165, 1.54) is 0 Å². The van der Waals surface area contributed by atoms with Gasteiger partial charge in [-0.25, -0.2) is 0 Å². The fraction of sp³-hybridized carbons (Fsp3) is 0.120. The second-order valence-electron chi connectivity index (χ2n) is 7.36. The molecule has 0 saturated heterocycles. The number of carbonyl (C=O) groups is 1. The van der Waals surface area contributed by atoms with Crippen molar-refractivity contribution in [2.24, 2.45) is 0 Å². The number of benzene rings is 3. The van der Waals surface area contributed by atoms with Crippen LogP contribution >= 0.6 is 0 Å². The maximum absolute atomic E-state index is 13.5. The van der Waals surface area contributed by atoms with E-state index in [1.54, 1.807) is 18.1 Å². The van der Waals surface area contributed by atoms with Crippen LogP contribution in [0.4, 0.5) is 5.69 Å². The lowest BCUT2D eigenvalue weighted by Crippen LogP contribution is -2.29. The number of hydrogen-bond donors (Lipinski definition) is 0. The first kappa shape index (κ1) is 18.2. The molecule has 0 radical (unpaired) electrons. The fourth-order valence-corrected chi connectivity index (χ4v) is 4.04. The number of nitrogens with zero attached hydrogens (tertiary/aromatic N) is 1. The molecular formula is C25H19NO4. The second-order valence-corrected chi connectivity index (χ2v) is 7.36. The van der Waals surface area contributed by atoms with Gasteiger partial charge in [-0.1, -0.05) is 42.0 Å². The summed E-state index contributed by atoms with van der Waals surface area (Å²) in [6.45, 7) is 1.93. The van der Waals surface area contributed by atoms with Crippen LogP contribution in [0.25, 0.3) is 11.0 Å². The Bertz CT molecular complexity index is 1320. The Labute approximate surface area is 173 Å². The summed E-state index contributed by atoms with van der Waals surface area (Å²) in [5.74, 6) is 0.480. The average molecular weight is 397 g/mol. The highest BCUT2D eigenvalue weighted by molar-refractivity contribution is 6.10. The minimum absolute atomic E-state index is 0.0982. The Kier molecular flexibility index (Phi) is 4.17. The largest absolute Gasteiger partial charge is 0.497 e. The van der Waals surface area contributed by atoms with Crippen molar-refractivity contribution in [3.63, 3.8) is 0 Å². The van der Waals surface area contributed by atoms with Crippen LogP contribution in [0, 0.1) is 6.92 Å². The van der Waals surface area contributed by atoms with Crippen molar-refractivity contribution in [1.82, 2.24) is 0 Å². The molecule has 2 heterocycles. The summed E-state index contributed by atoms with van der Waals surface area (Å²) in [5, 5.41) is 0.481. The Balaban J connectivity index is 1.80. The third-order valence-corrected chi connectivity index (χ3v) is 5.49. The molecule has 3 aromatic carbocycles. The first-order valence-corrected chi connectivity index (χ1v) is 9.68. The molecule has 5 nitrogen and oxygen atoms in total. The van der Waals surface area contributed by atoms with E-state index < -0.39 is 6.04 Å². The van der Waals surface area contributed by atoms with Crippen LogP contribution in [0.3, 0.4) is 0 Å². The zero-order chi connectivity index (χ0) is 20.8. The molecule has 0 spiro atoms. The number of ether oxygens (including phenoxy) is 1. The molecule has 4 aromatic rings. The average Bonchev–Trinajstić information content (AvgIpc) is 3.07. The van der Waals surface area contributed by atoms with Crippen LogP contribution in [0.15, 0.2) is 82.0 Å². The molecular weight excluding hydrogens is 378 g/mol. The molecule has 5 rings (SSSR count). The normalized spacial score (nSPS) is 15.5. The molecule has 1 aliphatic rings. The molecule has 148 valence electrons. The van der Waals surface area contributed by atoms with Gasteiger partial charge in [-0.3, -0.25) is 14.5 Å². The molecule has 1 unspecified atom stereocenters. The molecule has 1 aromatic heterocycles. The van der Waals surface area contributed by atoms with E-state index in [9.17, 15) is 9.59 Å². The number of hydrogen-bond acceptors (Lipinski definition) is 4. The van der Waals surface area contributed by atoms with Crippen molar-refractivity contribution in [1.29, 1.82) is 0 Å². The summed E-state index contributed by atoms with van der Waals surface area (Å²) in [6.07, 6.45) is 0. The smallest absolute Gasteiger partial charge is 0.295 e. The minimum Gasteiger partial charge on any atom is -0.497 e. The standard InChI is InChI=1S/C25H19NO4/c1-15-8-13-20-19(14-15)23(27)21-22(16-9-11-18(29-2)12-10-16)26(25(28)24(21)30-20)17-6-4-3-5-7-17/h3-14,22H,1-2H3. The lowest BCUT2D eigenvalue weighted by molar-refractivity contribution is 0.0971. The highest BCUT2D eigenvalue weighted by Crippen LogP contribution is 2.41. The number of fused-ring (bicyclic) bond motifs is 2. The van der Waals surface area contributed by atoms with Crippen molar-refractivity contribution in [3.8, 4) is 5.75 Å². The molecule has 30 heavy (non-hydrogen) atoms. The molecule has 1 atom stereocenters. The maximum Gasteiger partial charge on any atom is 0.295 e. The van der Waals surface area contributed by atoms with Gasteiger partial charge in [0.25, 0.3) is 5.91 Å². The highest BCUT2D eigenvalue weighted by Gasteiger charge is 2.43. The summed E-state index contributed by atoms with van der Waals surface area (Å²) >= 11 is 0. The van der Waals surface area contributed by atoms with Crippen molar-refractivity contribution >= 4 is 22.6 Å². The summed E-state index contributed by atoms with van der Waals surface area (Å²) in [6, 6.07) is 21.6. The summed E-state index contributed by atoms with van der Waals surface area (Å²) in [4.78, 5) is 28.6. The summed E-state index contributed by atoms with van der Waals surface area (Å²) in [5.41, 5.74) is 3.08. The van der Waals surface area contributed by atoms with E-state index in [1.807, 2.05) is 73.7 Å². The fourth-order valence-electron chi connectivity index (χ4n) is 4.04. The third kappa shape index (κ3) is 2.70. The monoisotopic (exact) mass is 397 g/mol. The van der Waals surface area contributed by atoms with Gasteiger partial charge in [0.15, 0.2) is 5.43 Å². The molecule has 1 aliphatic heterocycles. The predicted molar refractivity (Wildman–Crippen MR) is 115 cm³/mol. The van der Waals surface area contributed by atoms with Gasteiger partial charge in [0.2, 0.25) is 5.76 Å². The Morgan fingerprint density at radius 1 is 0.933 bits per heavy atom. The van der Waals surface area contributed by atoms with E-state index in [4.69, 9.17) is 9.15 Å². The van der Waals surface area contributed by atoms with Gasteiger partial charge in [-0.15, -0.1) is 0 Å². The number of methoxy groups -OCH3 is 1. The summed E-state index contributed by atoms with van der Waals surface area (Å²) in [7, 11) is 1.60. The van der Waals surface area contributed by atoms with Gasteiger partial charge >= 0.3 is 0 Å². The molecule has 0 N–H and O–H groups in total. The van der Waals surface area contributed by atoms with Crippen LogP contribution in [-0.2, 0) is 0 Å². The van der Waals surface area contributed by atoms with Crippen molar-refractivity contribution < 1.29 is 13.9 Å². The summed E-state index contributed by atoms with van der Waals surface area (Å²) < 4.78 is 11.3. The lowest BCUT2D eigenvalue weighted by atomic mass is 9.98. The molecule has 0 bridgehead atoms. The van der Waals surface area contributed by atoms with Crippen LogP contribution in [-0.4, -0.2) is 13.0 Å².